The fourth-order valence-corrected chi connectivity index (χ4v) is 3.31. The van der Waals surface area contributed by atoms with Crippen LogP contribution in [0.4, 0.5) is 0 Å². The van der Waals surface area contributed by atoms with E-state index in [1.54, 1.807) is 23.5 Å². The van der Waals surface area contributed by atoms with Crippen LogP contribution in [0.3, 0.4) is 0 Å². The number of phenolic OH excluding ortho intramolecular Hbond substituents is 1. The van der Waals surface area contributed by atoms with Gasteiger partial charge < -0.3 is 5.11 Å². The second-order valence-electron chi connectivity index (χ2n) is 4.28. The minimum Gasteiger partial charge on any atom is -0.506 e. The van der Waals surface area contributed by atoms with Gasteiger partial charge in [-0.3, -0.25) is 0 Å². The van der Waals surface area contributed by atoms with Gasteiger partial charge in [0.2, 0.25) is 0 Å². The molecule has 2 unspecified atom stereocenters. The molecule has 0 saturated carbocycles. The predicted molar refractivity (Wildman–Crippen MR) is 79.3 cm³/mol. The summed E-state index contributed by atoms with van der Waals surface area (Å²) in [5.74, 6) is 0.461. The zero-order valence-corrected chi connectivity index (χ0v) is 12.7. The molecule has 0 aliphatic rings. The van der Waals surface area contributed by atoms with Crippen molar-refractivity contribution in [1.82, 2.24) is 0 Å². The molecule has 3 heteroatoms. The van der Waals surface area contributed by atoms with E-state index in [4.69, 9.17) is 0 Å². The maximum absolute atomic E-state index is 10.2. The molecule has 0 amide bonds. The lowest BCUT2D eigenvalue weighted by atomic mass is 10.3. The van der Waals surface area contributed by atoms with Crippen LogP contribution in [0.25, 0.3) is 0 Å². The maximum atomic E-state index is 10.2. The van der Waals surface area contributed by atoms with Crippen LogP contribution < -0.4 is 0 Å². The van der Waals surface area contributed by atoms with Gasteiger partial charge in [-0.1, -0.05) is 33.8 Å². The molecule has 0 aromatic heterocycles. The van der Waals surface area contributed by atoms with E-state index in [1.165, 1.54) is 0 Å². The molecule has 17 heavy (non-hydrogen) atoms. The first-order chi connectivity index (χ1) is 8.08. The van der Waals surface area contributed by atoms with E-state index in [2.05, 4.69) is 27.7 Å². The zero-order chi connectivity index (χ0) is 12.8. The first-order valence-electron chi connectivity index (χ1n) is 6.23. The Morgan fingerprint density at radius 2 is 1.41 bits per heavy atom. The van der Waals surface area contributed by atoms with Crippen LogP contribution >= 0.6 is 23.5 Å². The molecular formula is C14H22OS2. The highest BCUT2D eigenvalue weighted by Gasteiger charge is 2.12. The lowest BCUT2D eigenvalue weighted by molar-refractivity contribution is 0.449. The molecule has 0 aliphatic heterocycles. The normalized spacial score (nSPS) is 14.6. The van der Waals surface area contributed by atoms with Crippen LogP contribution in [0.15, 0.2) is 28.0 Å². The third-order valence-electron chi connectivity index (χ3n) is 2.77. The SMILES string of the molecule is CCC(C)Sc1cccc(SC(C)CC)c1O. The van der Waals surface area contributed by atoms with Crippen molar-refractivity contribution in [3.63, 3.8) is 0 Å². The summed E-state index contributed by atoms with van der Waals surface area (Å²) in [7, 11) is 0. The smallest absolute Gasteiger partial charge is 0.142 e. The van der Waals surface area contributed by atoms with Gasteiger partial charge in [0.15, 0.2) is 0 Å². The van der Waals surface area contributed by atoms with Crippen LogP contribution in [-0.2, 0) is 0 Å². The van der Waals surface area contributed by atoms with Gasteiger partial charge in [0.25, 0.3) is 0 Å². The Hall–Kier alpha value is -0.280. The highest BCUT2D eigenvalue weighted by molar-refractivity contribution is 8.00. The highest BCUT2D eigenvalue weighted by Crippen LogP contribution is 2.40. The molecule has 2 atom stereocenters. The van der Waals surface area contributed by atoms with Crippen LogP contribution in [0, 0.1) is 0 Å². The van der Waals surface area contributed by atoms with Crippen molar-refractivity contribution < 1.29 is 5.11 Å². The van der Waals surface area contributed by atoms with Crippen molar-refractivity contribution in [2.75, 3.05) is 0 Å². The third kappa shape index (κ3) is 4.47. The predicted octanol–water partition coefficient (Wildman–Crippen LogP) is 5.17. The zero-order valence-electron chi connectivity index (χ0n) is 11.1. The summed E-state index contributed by atoms with van der Waals surface area (Å²) in [4.78, 5) is 2.01. The van der Waals surface area contributed by atoms with E-state index in [9.17, 15) is 5.11 Å². The molecular weight excluding hydrogens is 248 g/mol. The molecule has 1 aromatic rings. The minimum absolute atomic E-state index is 0.461. The van der Waals surface area contributed by atoms with E-state index in [0.717, 1.165) is 22.6 Å². The Labute approximate surface area is 113 Å². The number of rotatable bonds is 6. The number of para-hydroxylation sites is 1. The standard InChI is InChI=1S/C14H22OS2/c1-5-10(3)16-12-8-7-9-13(14(12)15)17-11(4)6-2/h7-11,15H,5-6H2,1-4H3. The molecule has 0 heterocycles. The van der Waals surface area contributed by atoms with Crippen molar-refractivity contribution >= 4 is 23.5 Å². The number of aromatic hydroxyl groups is 1. The molecule has 0 spiro atoms. The second kappa shape index (κ2) is 7.22. The average molecular weight is 270 g/mol. The van der Waals surface area contributed by atoms with Crippen LogP contribution in [0.2, 0.25) is 0 Å². The van der Waals surface area contributed by atoms with Crippen LogP contribution in [-0.4, -0.2) is 15.6 Å². The molecule has 0 saturated heterocycles. The first kappa shape index (κ1) is 14.8. The molecule has 0 aliphatic carbocycles. The van der Waals surface area contributed by atoms with Gasteiger partial charge in [-0.2, -0.15) is 0 Å². The fraction of sp³-hybridized carbons (Fsp3) is 0.571. The number of phenols is 1. The van der Waals surface area contributed by atoms with Crippen LogP contribution in [0.5, 0.6) is 5.75 Å². The van der Waals surface area contributed by atoms with Gasteiger partial charge in [-0.25, -0.2) is 0 Å². The largest absolute Gasteiger partial charge is 0.506 e. The number of hydrogen-bond donors (Lipinski definition) is 1. The summed E-state index contributed by atoms with van der Waals surface area (Å²) in [6.07, 6.45) is 2.24. The molecule has 0 fully saturated rings. The maximum Gasteiger partial charge on any atom is 0.142 e. The quantitative estimate of drug-likeness (QED) is 0.720. The lowest BCUT2D eigenvalue weighted by Gasteiger charge is -2.14. The molecule has 0 bridgehead atoms. The monoisotopic (exact) mass is 270 g/mol. The van der Waals surface area contributed by atoms with Crippen molar-refractivity contribution in [2.45, 2.75) is 60.8 Å². The number of hydrogen-bond acceptors (Lipinski definition) is 3. The Morgan fingerprint density at radius 3 is 1.76 bits per heavy atom. The third-order valence-corrected chi connectivity index (χ3v) is 5.41. The fourth-order valence-electron chi connectivity index (χ4n) is 1.29. The molecule has 1 aromatic carbocycles. The Morgan fingerprint density at radius 1 is 1.00 bits per heavy atom. The topological polar surface area (TPSA) is 20.2 Å². The van der Waals surface area contributed by atoms with E-state index in [0.29, 0.717) is 16.2 Å². The van der Waals surface area contributed by atoms with E-state index in [1.807, 2.05) is 18.2 Å². The number of benzene rings is 1. The Balaban J connectivity index is 2.83. The van der Waals surface area contributed by atoms with E-state index < -0.39 is 0 Å². The van der Waals surface area contributed by atoms with Gasteiger partial charge in [-0.05, 0) is 25.0 Å². The molecule has 1 N–H and O–H groups in total. The summed E-state index contributed by atoms with van der Waals surface area (Å²) in [5, 5.41) is 11.3. The van der Waals surface area contributed by atoms with Gasteiger partial charge in [0, 0.05) is 10.5 Å². The van der Waals surface area contributed by atoms with Crippen molar-refractivity contribution in [3.05, 3.63) is 18.2 Å². The lowest BCUT2D eigenvalue weighted by Crippen LogP contribution is -1.94. The first-order valence-corrected chi connectivity index (χ1v) is 7.99. The molecule has 1 rings (SSSR count). The summed E-state index contributed by atoms with van der Waals surface area (Å²) >= 11 is 3.51. The average Bonchev–Trinajstić information content (AvgIpc) is 2.33. The Bertz CT molecular complexity index is 322. The minimum atomic E-state index is 0.461. The summed E-state index contributed by atoms with van der Waals surface area (Å²) in [6.45, 7) is 8.73. The van der Waals surface area contributed by atoms with Gasteiger partial charge in [0.1, 0.15) is 5.75 Å². The van der Waals surface area contributed by atoms with Gasteiger partial charge >= 0.3 is 0 Å². The Kier molecular flexibility index (Phi) is 6.28. The summed E-state index contributed by atoms with van der Waals surface area (Å²) in [5.41, 5.74) is 0. The van der Waals surface area contributed by atoms with Crippen LogP contribution in [0.1, 0.15) is 40.5 Å². The van der Waals surface area contributed by atoms with Gasteiger partial charge in [0.05, 0.1) is 9.79 Å². The highest BCUT2D eigenvalue weighted by atomic mass is 32.2. The van der Waals surface area contributed by atoms with E-state index >= 15 is 0 Å². The van der Waals surface area contributed by atoms with Gasteiger partial charge in [-0.15, -0.1) is 23.5 Å². The van der Waals surface area contributed by atoms with Crippen molar-refractivity contribution in [2.24, 2.45) is 0 Å². The van der Waals surface area contributed by atoms with Crippen molar-refractivity contribution in [1.29, 1.82) is 0 Å². The molecule has 0 radical (unpaired) electrons. The summed E-state index contributed by atoms with van der Waals surface area (Å²) < 4.78 is 0. The second-order valence-corrected chi connectivity index (χ2v) is 7.24. The summed E-state index contributed by atoms with van der Waals surface area (Å²) in [6, 6.07) is 6.05. The molecule has 1 nitrogen and oxygen atoms in total. The van der Waals surface area contributed by atoms with E-state index in [-0.39, 0.29) is 0 Å². The number of thioether (sulfide) groups is 2. The molecule has 96 valence electrons. The van der Waals surface area contributed by atoms with Crippen molar-refractivity contribution in [3.8, 4) is 5.75 Å².